The highest BCUT2D eigenvalue weighted by Gasteiger charge is 1.90. The third kappa shape index (κ3) is 249. The Hall–Kier alpha value is -3.24. The van der Waals surface area contributed by atoms with Crippen molar-refractivity contribution in [1.29, 1.82) is 0 Å². The maximum Gasteiger partial charge on any atom is 0.0829 e. The molecule has 0 spiro atoms. The van der Waals surface area contributed by atoms with Gasteiger partial charge in [-0.05, 0) is 107 Å². The topological polar surface area (TPSA) is 131 Å². The van der Waals surface area contributed by atoms with Crippen molar-refractivity contribution in [2.45, 2.75) is 220 Å². The Bertz CT molecular complexity index is 726. The molecule has 13 heteroatoms. The number of unbranched alkanes of at least 4 members (excludes halogenated alkanes) is 8. The molecule has 1 N–H and O–H groups in total. The minimum atomic E-state index is -0.319. The third-order valence-corrected chi connectivity index (χ3v) is 7.70. The summed E-state index contributed by atoms with van der Waals surface area (Å²) in [6.07, 6.45) is 29.8. The number of rotatable bonds is 41. The fraction of sp³-hybridized carbons (Fsp3) is 0.754. The monoisotopic (exact) mass is 1130 g/mol. The summed E-state index contributed by atoms with van der Waals surface area (Å²) in [7, 11) is 0. The van der Waals surface area contributed by atoms with Gasteiger partial charge in [0.1, 0.15) is 0 Å². The second kappa shape index (κ2) is 146. The predicted molar refractivity (Wildman–Crippen MR) is 343 cm³/mol. The second-order valence-corrected chi connectivity index (χ2v) is 15.0. The first kappa shape index (κ1) is 103. The van der Waals surface area contributed by atoms with Crippen LogP contribution < -0.4 is 0 Å². The van der Waals surface area contributed by atoms with E-state index in [0.717, 1.165) is 92.5 Å². The van der Waals surface area contributed by atoms with Crippen LogP contribution in [0.25, 0.3) is 0 Å². The zero-order chi connectivity index (χ0) is 62.3. The van der Waals surface area contributed by atoms with E-state index in [0.29, 0.717) is 13.2 Å². The molecule has 0 amide bonds. The maximum absolute atomic E-state index is 8.56. The van der Waals surface area contributed by atoms with Gasteiger partial charge in [0.15, 0.2) is 0 Å². The van der Waals surface area contributed by atoms with E-state index >= 15 is 0 Å². The molecule has 0 aromatic rings. The van der Waals surface area contributed by atoms with E-state index in [9.17, 15) is 0 Å². The Kier molecular flexibility index (Phi) is 193. The Balaban J connectivity index is -0.0000000615. The predicted octanol–water partition coefficient (Wildman–Crippen LogP) is 19.1. The zero-order valence-corrected chi connectivity index (χ0v) is 54.8. The van der Waals surface area contributed by atoms with Crippen LogP contribution in [0.4, 0.5) is 0 Å². The first-order valence-electron chi connectivity index (χ1n) is 29.6. The van der Waals surface area contributed by atoms with Gasteiger partial charge in [0.2, 0.25) is 0 Å². The van der Waals surface area contributed by atoms with E-state index in [1.165, 1.54) is 153 Å². The molecule has 0 aliphatic rings. The highest BCUT2D eigenvalue weighted by molar-refractivity contribution is 4.58. The largest absolute Gasteiger partial charge is 0.474 e. The van der Waals surface area contributed by atoms with Crippen LogP contribution in [0, 0.1) is 0 Å². The van der Waals surface area contributed by atoms with Gasteiger partial charge in [-0.15, -0.1) is 0 Å². The fourth-order valence-electron chi connectivity index (χ4n) is 3.55. The molecule has 0 aliphatic carbocycles. The van der Waals surface area contributed by atoms with Gasteiger partial charge in [-0.2, -0.15) is 0 Å². The molecule has 0 aromatic heterocycles. The van der Waals surface area contributed by atoms with Gasteiger partial charge in [0, 0.05) is 99.1 Å². The van der Waals surface area contributed by atoms with Crippen molar-refractivity contribution in [2.75, 3.05) is 106 Å². The van der Waals surface area contributed by atoms with Gasteiger partial charge in [-0.1, -0.05) is 159 Å². The molecule has 1 unspecified atom stereocenters. The second-order valence-electron chi connectivity index (χ2n) is 15.0. The summed E-state index contributed by atoms with van der Waals surface area (Å²) in [4.78, 5) is 0. The van der Waals surface area contributed by atoms with Crippen molar-refractivity contribution in [2.24, 2.45) is 0 Å². The fourth-order valence-corrected chi connectivity index (χ4v) is 3.55. The van der Waals surface area contributed by atoms with Crippen LogP contribution in [0.1, 0.15) is 214 Å². The lowest BCUT2D eigenvalue weighted by molar-refractivity contribution is 0.0527. The molecule has 0 fully saturated rings. The van der Waals surface area contributed by atoms with Gasteiger partial charge >= 0.3 is 0 Å². The molecule has 0 aliphatic heterocycles. The van der Waals surface area contributed by atoms with Crippen molar-refractivity contribution in [1.82, 2.24) is 0 Å². The standard InChI is InChI=1S/4C8H18O.C5H12O2.3C4H10O.4C4H6O/c4*1-3-5-7-9-8-6-4-2;1-3-7-4-5(2)6;7*1-3-5-4-2/h4*3-8H2,1-2H3;5-6H,3-4H2,1-2H3;3*3-4H2,1-2H3;4*3-4H,1-2H2. The van der Waals surface area contributed by atoms with Crippen molar-refractivity contribution < 1.29 is 61.9 Å². The van der Waals surface area contributed by atoms with Crippen LogP contribution >= 0.6 is 0 Å². The number of hydrogen-bond donors (Lipinski definition) is 1. The van der Waals surface area contributed by atoms with E-state index in [4.69, 9.17) is 43.0 Å². The molecule has 0 radical (unpaired) electrons. The van der Waals surface area contributed by atoms with Crippen LogP contribution in [0.2, 0.25) is 0 Å². The van der Waals surface area contributed by atoms with E-state index in [1.54, 1.807) is 6.92 Å². The summed E-state index contributed by atoms with van der Waals surface area (Å²) in [6.45, 7) is 72.9. The van der Waals surface area contributed by atoms with Gasteiger partial charge in [-0.3, -0.25) is 0 Å². The van der Waals surface area contributed by atoms with Crippen LogP contribution in [-0.4, -0.2) is 117 Å². The number of ether oxygens (including phenoxy) is 12. The summed E-state index contributed by atoms with van der Waals surface area (Å²) >= 11 is 0. The Morgan fingerprint density at radius 2 is 0.397 bits per heavy atom. The Labute approximate surface area is 488 Å². The number of hydrogen-bond acceptors (Lipinski definition) is 13. The number of aliphatic hydroxyl groups is 1. The van der Waals surface area contributed by atoms with Crippen LogP contribution in [0.3, 0.4) is 0 Å². The third-order valence-electron chi connectivity index (χ3n) is 7.70. The summed E-state index contributed by atoms with van der Waals surface area (Å²) in [5.74, 6) is 0. The molecule has 13 nitrogen and oxygen atoms in total. The Morgan fingerprint density at radius 1 is 0.256 bits per heavy atom. The lowest BCUT2D eigenvalue weighted by Crippen LogP contribution is -2.09. The first-order chi connectivity index (χ1) is 37.8. The normalized spacial score (nSPS) is 8.94. The van der Waals surface area contributed by atoms with E-state index in [2.05, 4.69) is 127 Å². The minimum Gasteiger partial charge on any atom is -0.474 e. The number of aliphatic hydroxyl groups excluding tert-OH is 1. The molecule has 0 aromatic carbocycles. The molecule has 0 saturated carbocycles. The van der Waals surface area contributed by atoms with E-state index in [-0.39, 0.29) is 6.10 Å². The van der Waals surface area contributed by atoms with Gasteiger partial charge < -0.3 is 61.9 Å². The molecule has 0 heterocycles. The maximum atomic E-state index is 8.56. The molecular weight excluding hydrogens is 989 g/mol. The molecule has 1 atom stereocenters. The van der Waals surface area contributed by atoms with Crippen molar-refractivity contribution >= 4 is 0 Å². The van der Waals surface area contributed by atoms with Gasteiger partial charge in [-0.25, -0.2) is 0 Å². The molecule has 0 rings (SSSR count). The van der Waals surface area contributed by atoms with Crippen molar-refractivity contribution in [3.05, 3.63) is 103 Å². The molecule has 0 bridgehead atoms. The summed E-state index contributed by atoms with van der Waals surface area (Å²) in [5, 5.41) is 8.56. The Morgan fingerprint density at radius 3 is 0.449 bits per heavy atom. The van der Waals surface area contributed by atoms with Crippen molar-refractivity contribution in [3.63, 3.8) is 0 Å². The zero-order valence-electron chi connectivity index (χ0n) is 54.8. The molecular formula is C65H138O13. The van der Waals surface area contributed by atoms with Crippen LogP contribution in [0.15, 0.2) is 103 Å². The molecule has 78 heavy (non-hydrogen) atoms. The van der Waals surface area contributed by atoms with Gasteiger partial charge in [0.25, 0.3) is 0 Å². The molecule has 476 valence electrons. The quantitative estimate of drug-likeness (QED) is 0.0461. The SMILES string of the molecule is C=COC=C.C=COC=C.C=COC=C.C=COC=C.CCCCOCCCC.CCCCOCCCC.CCCCOCCCC.CCCCOCCCC.CCOCC.CCOCC.CCOCC.CCOCC(C)O. The minimum absolute atomic E-state index is 0.319. The summed E-state index contributed by atoms with van der Waals surface area (Å²) < 4.78 is 58.0. The molecule has 0 saturated heterocycles. The average Bonchev–Trinajstić information content (AvgIpc) is 3.44. The van der Waals surface area contributed by atoms with Crippen LogP contribution in [0.5, 0.6) is 0 Å². The first-order valence-corrected chi connectivity index (χ1v) is 29.6. The lowest BCUT2D eigenvalue weighted by atomic mass is 10.3. The summed E-state index contributed by atoms with van der Waals surface area (Å²) in [5.41, 5.74) is 0. The van der Waals surface area contributed by atoms with Crippen LogP contribution in [-0.2, 0) is 56.8 Å². The highest BCUT2D eigenvalue weighted by Crippen LogP contribution is 1.94. The lowest BCUT2D eigenvalue weighted by Gasteiger charge is -2.00. The highest BCUT2D eigenvalue weighted by atomic mass is 16.5. The summed E-state index contributed by atoms with van der Waals surface area (Å²) in [6, 6.07) is 0. The van der Waals surface area contributed by atoms with Crippen molar-refractivity contribution in [3.8, 4) is 0 Å². The average molecular weight is 1130 g/mol. The smallest absolute Gasteiger partial charge is 0.0829 e. The van der Waals surface area contributed by atoms with Gasteiger partial charge in [0.05, 0.1) is 62.8 Å². The van der Waals surface area contributed by atoms with E-state index in [1.807, 2.05) is 48.5 Å². The van der Waals surface area contributed by atoms with E-state index < -0.39 is 0 Å².